The molecular weight excluding hydrogens is 494 g/mol. The summed E-state index contributed by atoms with van der Waals surface area (Å²) >= 11 is 7.80. The fraction of sp³-hybridized carbons (Fsp3) is 0.321. The van der Waals surface area contributed by atoms with Crippen molar-refractivity contribution in [3.8, 4) is 11.1 Å². The fourth-order valence-corrected chi connectivity index (χ4v) is 6.21. The minimum Gasteiger partial charge on any atom is -0.462 e. The van der Waals surface area contributed by atoms with Crippen LogP contribution < -0.4 is 5.32 Å². The first-order chi connectivity index (χ1) is 17.2. The molecule has 6 nitrogen and oxygen atoms in total. The third-order valence-electron chi connectivity index (χ3n) is 6.40. The molecular formula is C28H28ClN3O3S. The number of hydrogen-bond acceptors (Lipinski definition) is 5. The van der Waals surface area contributed by atoms with Gasteiger partial charge in [0.15, 0.2) is 0 Å². The molecule has 0 saturated carbocycles. The number of benzene rings is 1. The zero-order chi connectivity index (χ0) is 26.0. The van der Waals surface area contributed by atoms with E-state index in [1.54, 1.807) is 29.5 Å². The molecule has 0 radical (unpaired) electrons. The Balaban J connectivity index is 1.72. The van der Waals surface area contributed by atoms with Gasteiger partial charge in [-0.15, -0.1) is 11.3 Å². The summed E-state index contributed by atoms with van der Waals surface area (Å²) in [7, 11) is 0. The van der Waals surface area contributed by atoms with E-state index in [1.807, 2.05) is 50.5 Å². The molecule has 0 spiro atoms. The number of amides is 1. The number of hydrogen-bond donors (Lipinski definition) is 1. The van der Waals surface area contributed by atoms with E-state index < -0.39 is 5.91 Å². The second-order valence-electron chi connectivity index (χ2n) is 8.86. The largest absolute Gasteiger partial charge is 0.462 e. The number of esters is 1. The zero-order valence-corrected chi connectivity index (χ0v) is 22.4. The third kappa shape index (κ3) is 4.97. The van der Waals surface area contributed by atoms with Crippen molar-refractivity contribution < 1.29 is 14.3 Å². The number of anilines is 1. The summed E-state index contributed by atoms with van der Waals surface area (Å²) in [5, 5.41) is 13.9. The monoisotopic (exact) mass is 521 g/mol. The molecule has 2 aromatic heterocycles. The normalized spacial score (nSPS) is 13.2. The van der Waals surface area contributed by atoms with Crippen LogP contribution in [0.3, 0.4) is 0 Å². The Kier molecular flexibility index (Phi) is 7.67. The number of carbonyl (C=O) groups is 2. The highest BCUT2D eigenvalue weighted by atomic mass is 35.5. The summed E-state index contributed by atoms with van der Waals surface area (Å²) < 4.78 is 7.46. The summed E-state index contributed by atoms with van der Waals surface area (Å²) in [6.45, 7) is 7.89. The van der Waals surface area contributed by atoms with E-state index in [9.17, 15) is 14.9 Å². The minimum absolute atomic E-state index is 0.0250. The van der Waals surface area contributed by atoms with Crippen LogP contribution in [0, 0.1) is 32.1 Å². The van der Waals surface area contributed by atoms with Gasteiger partial charge in [0, 0.05) is 27.0 Å². The highest BCUT2D eigenvalue weighted by Gasteiger charge is 2.28. The highest BCUT2D eigenvalue weighted by molar-refractivity contribution is 7.15. The van der Waals surface area contributed by atoms with Crippen LogP contribution in [0.4, 0.5) is 5.69 Å². The highest BCUT2D eigenvalue weighted by Crippen LogP contribution is 2.39. The van der Waals surface area contributed by atoms with Gasteiger partial charge in [-0.1, -0.05) is 17.7 Å². The van der Waals surface area contributed by atoms with E-state index in [4.69, 9.17) is 16.3 Å². The number of nitrogens with zero attached hydrogens (tertiary/aromatic N) is 2. The van der Waals surface area contributed by atoms with Crippen molar-refractivity contribution >= 4 is 46.6 Å². The van der Waals surface area contributed by atoms with Crippen molar-refractivity contribution in [2.45, 2.75) is 53.4 Å². The topological polar surface area (TPSA) is 84.1 Å². The molecule has 2 heterocycles. The van der Waals surface area contributed by atoms with Crippen molar-refractivity contribution in [2.75, 3.05) is 11.9 Å². The van der Waals surface area contributed by atoms with E-state index in [2.05, 4.69) is 5.32 Å². The van der Waals surface area contributed by atoms with E-state index in [-0.39, 0.29) is 11.5 Å². The van der Waals surface area contributed by atoms with Crippen LogP contribution in [0.2, 0.25) is 5.02 Å². The Morgan fingerprint density at radius 2 is 1.97 bits per heavy atom. The lowest BCUT2D eigenvalue weighted by Crippen LogP contribution is -2.13. The van der Waals surface area contributed by atoms with Gasteiger partial charge < -0.3 is 14.6 Å². The number of rotatable bonds is 6. The zero-order valence-electron chi connectivity index (χ0n) is 20.8. The Morgan fingerprint density at radius 3 is 2.67 bits per heavy atom. The minimum atomic E-state index is -0.513. The second kappa shape index (κ2) is 10.7. The first kappa shape index (κ1) is 25.7. The number of nitrogens with one attached hydrogen (secondary N) is 1. The third-order valence-corrected chi connectivity index (χ3v) is 8.08. The molecule has 0 bridgehead atoms. The molecule has 186 valence electrons. The molecule has 3 aromatic rings. The summed E-state index contributed by atoms with van der Waals surface area (Å²) in [5.41, 5.74) is 5.62. The number of nitriles is 1. The molecule has 1 aliphatic rings. The summed E-state index contributed by atoms with van der Waals surface area (Å²) in [6, 6.07) is 9.15. The van der Waals surface area contributed by atoms with E-state index in [1.165, 1.54) is 4.88 Å². The molecule has 0 fully saturated rings. The van der Waals surface area contributed by atoms with Gasteiger partial charge >= 0.3 is 5.97 Å². The SMILES string of the molecule is CCOC(=O)c1c(-n2c(C)cc(C=C(C#N)C(=O)Nc3ccc(C)c(Cl)c3)c2C)sc2c1CCCC2. The van der Waals surface area contributed by atoms with Gasteiger partial charge in [0.1, 0.15) is 16.6 Å². The average molecular weight is 522 g/mol. The number of fused-ring (bicyclic) bond motifs is 1. The first-order valence-electron chi connectivity index (χ1n) is 11.9. The summed E-state index contributed by atoms with van der Waals surface area (Å²) in [6.07, 6.45) is 5.58. The summed E-state index contributed by atoms with van der Waals surface area (Å²) in [4.78, 5) is 27.1. The number of carbonyl (C=O) groups excluding carboxylic acids is 2. The standard InChI is InChI=1S/C28H28ClN3O3S/c1-5-35-28(34)25-22-8-6-7-9-24(22)36-27(25)32-17(3)12-19(18(32)4)13-20(15-30)26(33)31-21-11-10-16(2)23(29)14-21/h10-14H,5-9H2,1-4H3,(H,31,33). The van der Waals surface area contributed by atoms with Gasteiger partial charge in [-0.05, 0) is 94.3 Å². The van der Waals surface area contributed by atoms with Crippen molar-refractivity contribution in [3.05, 3.63) is 73.4 Å². The number of halogens is 1. The number of ether oxygens (including phenoxy) is 1. The van der Waals surface area contributed by atoms with Crippen molar-refractivity contribution in [3.63, 3.8) is 0 Å². The van der Waals surface area contributed by atoms with Gasteiger partial charge in [-0.3, -0.25) is 4.79 Å². The van der Waals surface area contributed by atoms with E-state index >= 15 is 0 Å². The lowest BCUT2D eigenvalue weighted by Gasteiger charge is -2.13. The van der Waals surface area contributed by atoms with Gasteiger partial charge in [-0.25, -0.2) is 4.79 Å². The van der Waals surface area contributed by atoms with Crippen molar-refractivity contribution in [1.82, 2.24) is 4.57 Å². The maximum absolute atomic E-state index is 13.0. The first-order valence-corrected chi connectivity index (χ1v) is 13.1. The lowest BCUT2D eigenvalue weighted by molar-refractivity contribution is -0.112. The molecule has 8 heteroatoms. The maximum atomic E-state index is 13.0. The van der Waals surface area contributed by atoms with Crippen LogP contribution in [0.5, 0.6) is 0 Å². The van der Waals surface area contributed by atoms with Crippen LogP contribution in [-0.4, -0.2) is 23.1 Å². The quantitative estimate of drug-likeness (QED) is 0.222. The van der Waals surface area contributed by atoms with Crippen LogP contribution in [-0.2, 0) is 22.4 Å². The smallest absolute Gasteiger partial charge is 0.341 e. The van der Waals surface area contributed by atoms with E-state index in [0.717, 1.165) is 58.8 Å². The predicted molar refractivity (Wildman–Crippen MR) is 144 cm³/mol. The molecule has 0 atom stereocenters. The van der Waals surface area contributed by atoms with Crippen molar-refractivity contribution in [2.24, 2.45) is 0 Å². The molecule has 0 aliphatic heterocycles. The number of aryl methyl sites for hydroxylation is 3. The lowest BCUT2D eigenvalue weighted by atomic mass is 9.95. The van der Waals surface area contributed by atoms with Crippen LogP contribution in [0.1, 0.15) is 63.1 Å². The Bertz CT molecular complexity index is 1420. The molecule has 36 heavy (non-hydrogen) atoms. The van der Waals surface area contributed by atoms with Gasteiger partial charge in [-0.2, -0.15) is 5.26 Å². The molecule has 1 N–H and O–H groups in total. The van der Waals surface area contributed by atoms with E-state index in [0.29, 0.717) is 22.9 Å². The van der Waals surface area contributed by atoms with Crippen LogP contribution in [0.15, 0.2) is 29.8 Å². The Morgan fingerprint density at radius 1 is 1.22 bits per heavy atom. The molecule has 1 aromatic carbocycles. The van der Waals surface area contributed by atoms with Gasteiger partial charge in [0.25, 0.3) is 5.91 Å². The van der Waals surface area contributed by atoms with Crippen molar-refractivity contribution in [1.29, 1.82) is 5.26 Å². The maximum Gasteiger partial charge on any atom is 0.341 e. The Labute approximate surface area is 220 Å². The molecule has 4 rings (SSSR count). The predicted octanol–water partition coefficient (Wildman–Crippen LogP) is 6.72. The second-order valence-corrected chi connectivity index (χ2v) is 10.4. The summed E-state index contributed by atoms with van der Waals surface area (Å²) in [5.74, 6) is -0.814. The van der Waals surface area contributed by atoms with Crippen LogP contribution >= 0.6 is 22.9 Å². The molecule has 1 amide bonds. The Hall–Kier alpha value is -3.34. The fourth-order valence-electron chi connectivity index (χ4n) is 4.54. The number of thiophene rings is 1. The van der Waals surface area contributed by atoms with Gasteiger partial charge in [0.05, 0.1) is 12.2 Å². The molecule has 0 saturated heterocycles. The number of aromatic nitrogens is 1. The molecule has 0 unspecified atom stereocenters. The average Bonchev–Trinajstić information content (AvgIpc) is 3.35. The van der Waals surface area contributed by atoms with Gasteiger partial charge in [0.2, 0.25) is 0 Å². The molecule has 1 aliphatic carbocycles. The van der Waals surface area contributed by atoms with Crippen LogP contribution in [0.25, 0.3) is 11.1 Å².